The molecule has 0 radical (unpaired) electrons. The number of nitrogen functional groups attached to an aromatic ring is 1. The number of anilines is 2. The van der Waals surface area contributed by atoms with Gasteiger partial charge in [0.15, 0.2) is 0 Å². The van der Waals surface area contributed by atoms with Crippen molar-refractivity contribution in [3.05, 3.63) is 57.8 Å². The zero-order valence-corrected chi connectivity index (χ0v) is 12.2. The zero-order valence-electron chi connectivity index (χ0n) is 10.6. The molecule has 3 rings (SSSR count). The monoisotopic (exact) mass is 334 g/mol. The van der Waals surface area contributed by atoms with Crippen LogP contribution in [-0.2, 0) is 6.42 Å². The van der Waals surface area contributed by atoms with Crippen LogP contribution < -0.4 is 10.6 Å². The van der Waals surface area contributed by atoms with E-state index < -0.39 is 5.82 Å². The number of rotatable bonds is 1. The molecule has 1 aliphatic rings. The minimum absolute atomic E-state index is 0.208. The minimum atomic E-state index is -0.442. The molecule has 20 heavy (non-hydrogen) atoms. The summed E-state index contributed by atoms with van der Waals surface area (Å²) in [6.45, 7) is 0.570. The Morgan fingerprint density at radius 2 is 2.10 bits per heavy atom. The molecular formula is C15H12BrFN2O. The van der Waals surface area contributed by atoms with Crippen LogP contribution in [0.4, 0.5) is 15.8 Å². The van der Waals surface area contributed by atoms with Gasteiger partial charge in [-0.2, -0.15) is 0 Å². The quantitative estimate of drug-likeness (QED) is 0.812. The van der Waals surface area contributed by atoms with E-state index >= 15 is 0 Å². The molecule has 2 aromatic carbocycles. The molecule has 0 fully saturated rings. The summed E-state index contributed by atoms with van der Waals surface area (Å²) in [6.07, 6.45) is 0.729. The summed E-state index contributed by atoms with van der Waals surface area (Å²) in [4.78, 5) is 14.1. The number of fused-ring (bicyclic) bond motifs is 1. The van der Waals surface area contributed by atoms with Crippen molar-refractivity contribution in [1.29, 1.82) is 0 Å². The van der Waals surface area contributed by atoms with Crippen LogP contribution in [0, 0.1) is 5.82 Å². The Labute approximate surface area is 124 Å². The van der Waals surface area contributed by atoms with Crippen LogP contribution in [0.3, 0.4) is 0 Å². The molecule has 0 unspecified atom stereocenters. The molecule has 3 nitrogen and oxygen atoms in total. The zero-order chi connectivity index (χ0) is 14.3. The lowest BCUT2D eigenvalue weighted by Crippen LogP contribution is -2.28. The number of halogens is 2. The van der Waals surface area contributed by atoms with Gasteiger partial charge in [-0.15, -0.1) is 0 Å². The van der Waals surface area contributed by atoms with Crippen molar-refractivity contribution in [2.45, 2.75) is 6.42 Å². The van der Waals surface area contributed by atoms with Crippen molar-refractivity contribution in [3.63, 3.8) is 0 Å². The lowest BCUT2D eigenvalue weighted by Gasteiger charge is -2.17. The van der Waals surface area contributed by atoms with Crippen LogP contribution in [0.25, 0.3) is 0 Å². The van der Waals surface area contributed by atoms with E-state index in [1.54, 1.807) is 17.0 Å². The Kier molecular flexibility index (Phi) is 3.22. The molecule has 102 valence electrons. The predicted molar refractivity (Wildman–Crippen MR) is 80.3 cm³/mol. The highest BCUT2D eigenvalue weighted by Crippen LogP contribution is 2.33. The molecule has 1 amide bonds. The van der Waals surface area contributed by atoms with E-state index in [0.29, 0.717) is 22.3 Å². The van der Waals surface area contributed by atoms with Crippen molar-refractivity contribution >= 4 is 33.2 Å². The molecule has 1 heterocycles. The molecule has 0 atom stereocenters. The average molecular weight is 335 g/mol. The van der Waals surface area contributed by atoms with E-state index in [2.05, 4.69) is 15.9 Å². The van der Waals surface area contributed by atoms with Crippen LogP contribution in [0.15, 0.2) is 40.9 Å². The molecule has 1 aliphatic heterocycles. The summed E-state index contributed by atoms with van der Waals surface area (Å²) in [5.41, 5.74) is 8.74. The SMILES string of the molecule is Nc1cccc2c1CCN2C(=O)c1ccc(Br)c(F)c1. The molecule has 2 aromatic rings. The highest BCUT2D eigenvalue weighted by Gasteiger charge is 2.27. The highest BCUT2D eigenvalue weighted by molar-refractivity contribution is 9.10. The maximum absolute atomic E-state index is 13.5. The Bertz CT molecular complexity index is 702. The fraction of sp³-hybridized carbons (Fsp3) is 0.133. The normalized spacial score (nSPS) is 13.4. The maximum atomic E-state index is 13.5. The lowest BCUT2D eigenvalue weighted by atomic mass is 10.1. The van der Waals surface area contributed by atoms with E-state index in [-0.39, 0.29) is 5.91 Å². The first kappa shape index (κ1) is 13.1. The number of carbonyl (C=O) groups is 1. The number of hydrogen-bond donors (Lipinski definition) is 1. The average Bonchev–Trinajstić information content (AvgIpc) is 2.86. The molecule has 0 aliphatic carbocycles. The fourth-order valence-electron chi connectivity index (χ4n) is 2.46. The van der Waals surface area contributed by atoms with Crippen molar-refractivity contribution in [1.82, 2.24) is 0 Å². The summed E-state index contributed by atoms with van der Waals surface area (Å²) < 4.78 is 13.9. The van der Waals surface area contributed by atoms with E-state index in [0.717, 1.165) is 17.7 Å². The molecule has 0 aromatic heterocycles. The number of amides is 1. The molecule has 0 saturated carbocycles. The van der Waals surface area contributed by atoms with Gasteiger partial charge in [-0.3, -0.25) is 4.79 Å². The van der Waals surface area contributed by atoms with E-state index in [1.165, 1.54) is 6.07 Å². The van der Waals surface area contributed by atoms with Gasteiger partial charge in [-0.1, -0.05) is 6.07 Å². The van der Waals surface area contributed by atoms with Gasteiger partial charge in [-0.05, 0) is 52.7 Å². The van der Waals surface area contributed by atoms with Gasteiger partial charge >= 0.3 is 0 Å². The van der Waals surface area contributed by atoms with Gasteiger partial charge in [0, 0.05) is 29.0 Å². The van der Waals surface area contributed by atoms with E-state index in [4.69, 9.17) is 5.73 Å². The molecule has 5 heteroatoms. The van der Waals surface area contributed by atoms with Gasteiger partial charge in [0.2, 0.25) is 0 Å². The second kappa shape index (κ2) is 4.90. The fourth-order valence-corrected chi connectivity index (χ4v) is 2.70. The van der Waals surface area contributed by atoms with Gasteiger partial charge in [0.25, 0.3) is 5.91 Å². The van der Waals surface area contributed by atoms with Crippen LogP contribution in [0.5, 0.6) is 0 Å². The van der Waals surface area contributed by atoms with Gasteiger partial charge in [-0.25, -0.2) is 4.39 Å². The van der Waals surface area contributed by atoms with Crippen molar-refractivity contribution in [3.8, 4) is 0 Å². The first-order valence-electron chi connectivity index (χ1n) is 6.22. The number of hydrogen-bond acceptors (Lipinski definition) is 2. The van der Waals surface area contributed by atoms with Crippen LogP contribution in [0.2, 0.25) is 0 Å². The minimum Gasteiger partial charge on any atom is -0.398 e. The Morgan fingerprint density at radius 1 is 1.30 bits per heavy atom. The number of nitrogens with zero attached hydrogens (tertiary/aromatic N) is 1. The number of carbonyl (C=O) groups excluding carboxylic acids is 1. The lowest BCUT2D eigenvalue weighted by molar-refractivity contribution is 0.0989. The number of benzene rings is 2. The highest BCUT2D eigenvalue weighted by atomic mass is 79.9. The maximum Gasteiger partial charge on any atom is 0.258 e. The molecule has 0 bridgehead atoms. The summed E-state index contributed by atoms with van der Waals surface area (Å²) in [6, 6.07) is 9.91. The molecular weight excluding hydrogens is 323 g/mol. The third-order valence-corrected chi connectivity index (χ3v) is 4.12. The van der Waals surface area contributed by atoms with Crippen molar-refractivity contribution in [2.75, 3.05) is 17.2 Å². The smallest absolute Gasteiger partial charge is 0.258 e. The molecule has 2 N–H and O–H groups in total. The predicted octanol–water partition coefficient (Wildman–Crippen LogP) is 3.37. The first-order valence-corrected chi connectivity index (χ1v) is 7.01. The van der Waals surface area contributed by atoms with Gasteiger partial charge in [0.05, 0.1) is 4.47 Å². The van der Waals surface area contributed by atoms with Gasteiger partial charge < -0.3 is 10.6 Å². The van der Waals surface area contributed by atoms with E-state index in [9.17, 15) is 9.18 Å². The summed E-state index contributed by atoms with van der Waals surface area (Å²) in [5, 5.41) is 0. The molecule has 0 saturated heterocycles. The molecule has 0 spiro atoms. The third-order valence-electron chi connectivity index (χ3n) is 3.48. The number of nitrogens with two attached hydrogens (primary N) is 1. The Morgan fingerprint density at radius 3 is 2.85 bits per heavy atom. The summed E-state index contributed by atoms with van der Waals surface area (Å²) in [5.74, 6) is -0.649. The topological polar surface area (TPSA) is 46.3 Å². The Hall–Kier alpha value is -1.88. The first-order chi connectivity index (χ1) is 9.58. The second-order valence-electron chi connectivity index (χ2n) is 4.68. The largest absolute Gasteiger partial charge is 0.398 e. The van der Waals surface area contributed by atoms with Crippen LogP contribution in [-0.4, -0.2) is 12.5 Å². The second-order valence-corrected chi connectivity index (χ2v) is 5.53. The van der Waals surface area contributed by atoms with E-state index in [1.807, 2.05) is 18.2 Å². The summed E-state index contributed by atoms with van der Waals surface area (Å²) >= 11 is 3.08. The standard InChI is InChI=1S/C15H12BrFN2O/c16-11-5-4-9(8-12(11)17)15(20)19-7-6-10-13(18)2-1-3-14(10)19/h1-5,8H,6-7,18H2. The Balaban J connectivity index is 1.97. The third kappa shape index (κ3) is 2.08. The van der Waals surface area contributed by atoms with Crippen LogP contribution in [0.1, 0.15) is 15.9 Å². The van der Waals surface area contributed by atoms with Crippen molar-refractivity contribution in [2.24, 2.45) is 0 Å². The summed E-state index contributed by atoms with van der Waals surface area (Å²) in [7, 11) is 0. The van der Waals surface area contributed by atoms with Crippen molar-refractivity contribution < 1.29 is 9.18 Å². The van der Waals surface area contributed by atoms with Crippen LogP contribution >= 0.6 is 15.9 Å². The van der Waals surface area contributed by atoms with Gasteiger partial charge in [0.1, 0.15) is 5.82 Å².